The average molecular weight is 511 g/mol. The van der Waals surface area contributed by atoms with Crippen LogP contribution in [0.1, 0.15) is 117 Å². The first-order chi connectivity index (χ1) is 15.2. The highest BCUT2D eigenvalue weighted by Crippen LogP contribution is 2.32. The lowest BCUT2D eigenvalue weighted by atomic mass is 10.0. The third-order valence-electron chi connectivity index (χ3n) is 7.62. The fourth-order valence-corrected chi connectivity index (χ4v) is 5.13. The molecule has 1 N–H and O–H groups in total. The van der Waals surface area contributed by atoms with Gasteiger partial charge in [-0.05, 0) is 13.3 Å². The number of rotatable bonds is 23. The first-order valence-electron chi connectivity index (χ1n) is 13.5. The van der Waals surface area contributed by atoms with Gasteiger partial charge in [-0.3, -0.25) is 0 Å². The smallest absolute Gasteiger partial charge is 0.244 e. The van der Waals surface area contributed by atoms with Crippen LogP contribution in [0.5, 0.6) is 0 Å². The largest absolute Gasteiger partial charge is 1.00 e. The molecule has 5 nitrogen and oxygen atoms in total. The number of hydrogen-bond donors (Lipinski definition) is 1. The lowest BCUT2D eigenvalue weighted by molar-refractivity contribution is -1.00. The van der Waals surface area contributed by atoms with Crippen molar-refractivity contribution in [2.45, 2.75) is 128 Å². The Bertz CT molecular complexity index is 440. The molecule has 0 saturated heterocycles. The summed E-state index contributed by atoms with van der Waals surface area (Å²) in [6.45, 7) is 5.22. The second-order valence-electron chi connectivity index (χ2n) is 10.2. The Labute approximate surface area is 216 Å². The van der Waals surface area contributed by atoms with E-state index in [-0.39, 0.29) is 12.4 Å². The van der Waals surface area contributed by atoms with Crippen molar-refractivity contribution in [1.29, 1.82) is 0 Å². The molecule has 0 heterocycles. The fourth-order valence-electron chi connectivity index (χ4n) is 4.57. The molecule has 33 heavy (non-hydrogen) atoms. The van der Waals surface area contributed by atoms with Gasteiger partial charge in [-0.25, -0.2) is 4.59 Å². The molecule has 7 heteroatoms. The van der Waals surface area contributed by atoms with Crippen LogP contribution in [0.2, 0.25) is 0 Å². The van der Waals surface area contributed by atoms with E-state index < -0.39 is 11.1 Å². The predicted molar refractivity (Wildman–Crippen MR) is 142 cm³/mol. The highest BCUT2D eigenvalue weighted by atomic mass is 35.5. The van der Waals surface area contributed by atoms with Gasteiger partial charge in [-0.15, -0.1) is 0 Å². The molecule has 0 fully saturated rings. The quantitative estimate of drug-likeness (QED) is 0.0753. The summed E-state index contributed by atoms with van der Waals surface area (Å²) in [6, 6.07) is 0. The Kier molecular flexibility index (Phi) is 22.0. The molecule has 0 saturated carbocycles. The maximum absolute atomic E-state index is 5.95. The minimum absolute atomic E-state index is 0. The van der Waals surface area contributed by atoms with Gasteiger partial charge in [-0.2, -0.15) is 5.43 Å². The van der Waals surface area contributed by atoms with Gasteiger partial charge in [0.25, 0.3) is 0 Å². The van der Waals surface area contributed by atoms with Crippen LogP contribution in [0, 0.1) is 0 Å². The van der Waals surface area contributed by atoms with Crippen LogP contribution in [-0.4, -0.2) is 67.9 Å². The van der Waals surface area contributed by atoms with Gasteiger partial charge in [0, 0.05) is 27.9 Å². The lowest BCUT2D eigenvalue weighted by Crippen LogP contribution is -3.00. The van der Waals surface area contributed by atoms with Crippen LogP contribution in [-0.2, 0) is 14.2 Å². The number of quaternary nitrogens is 1. The number of ether oxygens (including phenoxy) is 3. The molecule has 0 aromatic heterocycles. The zero-order chi connectivity index (χ0) is 24.3. The van der Waals surface area contributed by atoms with E-state index in [1.807, 2.05) is 6.92 Å². The zero-order valence-corrected chi connectivity index (χ0v) is 26.3. The van der Waals surface area contributed by atoms with Crippen molar-refractivity contribution in [3.05, 3.63) is 0 Å². The highest BCUT2D eigenvalue weighted by Gasteiger charge is 2.58. The molecule has 1 atom stereocenters. The predicted octanol–water partition coefficient (Wildman–Crippen LogP) is 2.51. The van der Waals surface area contributed by atoms with Crippen LogP contribution in [0.25, 0.3) is 0 Å². The highest BCUT2D eigenvalue weighted by molar-refractivity contribution is 6.14. The van der Waals surface area contributed by atoms with Gasteiger partial charge < -0.3 is 26.6 Å². The van der Waals surface area contributed by atoms with Crippen LogP contribution >= 0.6 is 0 Å². The number of hydrogen-bond acceptors (Lipinski definition) is 4. The number of methoxy groups -OCH3 is 3. The van der Waals surface area contributed by atoms with Crippen molar-refractivity contribution < 1.29 is 31.2 Å². The van der Waals surface area contributed by atoms with E-state index in [1.165, 1.54) is 103 Å². The molecule has 0 aliphatic carbocycles. The Morgan fingerprint density at radius 3 is 1.27 bits per heavy atom. The average Bonchev–Trinajstić information content (AvgIpc) is 2.79. The number of nitrogens with zero attached hydrogens (tertiary/aromatic N) is 1. The summed E-state index contributed by atoms with van der Waals surface area (Å²) in [7, 11) is 10.2. The van der Waals surface area contributed by atoms with Crippen LogP contribution in [0.15, 0.2) is 0 Å². The number of nitrogens with one attached hydrogen (secondary N) is 1. The van der Waals surface area contributed by atoms with Gasteiger partial charge in [-0.1, -0.05) is 103 Å². The van der Waals surface area contributed by atoms with Gasteiger partial charge in [0.05, 0.1) is 14.1 Å². The monoisotopic (exact) mass is 510 g/mol. The minimum Gasteiger partial charge on any atom is -1.00 e. The number of likely N-dealkylation sites (N-methyl/N-ethyl adjacent to an activating group) is 1. The molecule has 202 valence electrons. The fraction of sp³-hybridized carbons (Fsp3) is 1.00. The van der Waals surface area contributed by atoms with Crippen molar-refractivity contribution in [3.63, 3.8) is 0 Å². The van der Waals surface area contributed by atoms with Crippen LogP contribution in [0.3, 0.4) is 0 Å². The molecule has 0 spiro atoms. The van der Waals surface area contributed by atoms with Crippen molar-refractivity contribution in [3.8, 4) is 0 Å². The normalized spacial score (nSPS) is 14.3. The van der Waals surface area contributed by atoms with Crippen molar-refractivity contribution in [2.24, 2.45) is 0 Å². The third-order valence-corrected chi connectivity index (χ3v) is 10.1. The molecule has 0 aromatic rings. The maximum Gasteiger partial charge on any atom is 0.244 e. The summed E-state index contributed by atoms with van der Waals surface area (Å²) in [5.41, 5.74) is 3.66. The van der Waals surface area contributed by atoms with E-state index in [0.29, 0.717) is 4.59 Å². The summed E-state index contributed by atoms with van der Waals surface area (Å²) < 4.78 is 17.9. The first kappa shape index (κ1) is 35.5. The molecule has 0 radical (unpaired) electrons. The van der Waals surface area contributed by atoms with Crippen molar-refractivity contribution in [2.75, 3.05) is 42.0 Å². The maximum atomic E-state index is 5.95. The lowest BCUT2D eigenvalue weighted by Gasteiger charge is -2.51. The SMILES string of the molecule is CCCCCCCCCCCCCCCCCCN[N+](C)(C)C([SiH3])(OC)C(C)(OC)OC.[Cl-]. The molecular formula is C26H59ClN2O3Si. The van der Waals surface area contributed by atoms with Crippen LogP contribution < -0.4 is 17.8 Å². The Morgan fingerprint density at radius 1 is 0.636 bits per heavy atom. The molecule has 0 bridgehead atoms. The van der Waals surface area contributed by atoms with E-state index in [9.17, 15) is 0 Å². The van der Waals surface area contributed by atoms with E-state index >= 15 is 0 Å². The first-order valence-corrected chi connectivity index (χ1v) is 14.5. The second kappa shape index (κ2) is 20.5. The number of halogens is 1. The second-order valence-corrected chi connectivity index (χ2v) is 11.6. The van der Waals surface area contributed by atoms with Crippen LogP contribution in [0.4, 0.5) is 0 Å². The van der Waals surface area contributed by atoms with E-state index in [2.05, 4.69) is 26.4 Å². The minimum atomic E-state index is -0.793. The molecule has 0 aromatic carbocycles. The number of unbranched alkanes of at least 4 members (excludes halogenated alkanes) is 15. The topological polar surface area (TPSA) is 39.7 Å². The molecule has 0 aliphatic rings. The standard InChI is InChI=1S/C26H59N2O3Si.ClH/c1-8-9-10-11-12-13-14-15-16-17-18-19-20-21-22-23-24-27-28(3,4)26(32,31-7)25(2,29-5)30-6;/h27H,8-24H2,1-7,32H3;1H/q+1;/p-1. The van der Waals surface area contributed by atoms with Gasteiger partial charge >= 0.3 is 0 Å². The summed E-state index contributed by atoms with van der Waals surface area (Å²) in [4.78, 5) is 0. The Hall–Kier alpha value is 0.307. The zero-order valence-electron chi connectivity index (χ0n) is 23.6. The summed E-state index contributed by atoms with van der Waals surface area (Å²) in [5.74, 6) is -0.793. The molecule has 0 aliphatic heterocycles. The third kappa shape index (κ3) is 13.3. The van der Waals surface area contributed by atoms with Crippen molar-refractivity contribution >= 4 is 10.2 Å². The molecule has 0 rings (SSSR count). The molecule has 0 amide bonds. The summed E-state index contributed by atoms with van der Waals surface area (Å²) >= 11 is 0. The van der Waals surface area contributed by atoms with Gasteiger partial charge in [0.2, 0.25) is 11.1 Å². The Balaban J connectivity index is 0. The molecule has 1 unspecified atom stereocenters. The van der Waals surface area contributed by atoms with E-state index in [0.717, 1.165) is 16.8 Å². The molecular weight excluding hydrogens is 452 g/mol. The van der Waals surface area contributed by atoms with Crippen molar-refractivity contribution in [1.82, 2.24) is 5.43 Å². The van der Waals surface area contributed by atoms with Gasteiger partial charge in [0.1, 0.15) is 10.2 Å². The summed E-state index contributed by atoms with van der Waals surface area (Å²) in [6.07, 6.45) is 22.4. The van der Waals surface area contributed by atoms with Gasteiger partial charge in [0.15, 0.2) is 0 Å². The Morgan fingerprint density at radius 2 is 0.970 bits per heavy atom. The van der Waals surface area contributed by atoms with E-state index in [1.54, 1.807) is 21.3 Å². The summed E-state index contributed by atoms with van der Waals surface area (Å²) in [5, 5.41) is -0.550. The van der Waals surface area contributed by atoms with E-state index in [4.69, 9.17) is 14.2 Å².